The molecule has 2 fully saturated rings. The molecule has 94 valence electrons. The summed E-state index contributed by atoms with van der Waals surface area (Å²) in [6, 6.07) is 0. The molecule has 17 heavy (non-hydrogen) atoms. The first-order chi connectivity index (χ1) is 8.09. The summed E-state index contributed by atoms with van der Waals surface area (Å²) in [6.45, 7) is 1.86. The number of rotatable bonds is 2. The molecule has 0 aromatic carbocycles. The van der Waals surface area contributed by atoms with Crippen molar-refractivity contribution < 1.29 is 14.7 Å². The number of likely N-dealkylation sites (tertiary alicyclic amines) is 1. The van der Waals surface area contributed by atoms with Gasteiger partial charge in [0.25, 0.3) is 5.91 Å². The molecule has 2 aliphatic rings. The van der Waals surface area contributed by atoms with Gasteiger partial charge in [0.1, 0.15) is 5.37 Å². The van der Waals surface area contributed by atoms with E-state index in [1.807, 2.05) is 0 Å². The Morgan fingerprint density at radius 3 is 2.65 bits per heavy atom. The number of aliphatic carboxylic acids is 1. The summed E-state index contributed by atoms with van der Waals surface area (Å²) in [5.41, 5.74) is 0. The lowest BCUT2D eigenvalue weighted by atomic mass is 10.1. The van der Waals surface area contributed by atoms with Gasteiger partial charge in [0, 0.05) is 7.05 Å². The Kier molecular flexibility index (Phi) is 3.73. The molecule has 0 aliphatic carbocycles. The van der Waals surface area contributed by atoms with Crippen molar-refractivity contribution >= 4 is 23.6 Å². The summed E-state index contributed by atoms with van der Waals surface area (Å²) in [6.07, 6.45) is 4.56. The molecule has 2 heterocycles. The third-order valence-corrected chi connectivity index (χ3v) is 4.43. The molecule has 2 rings (SSSR count). The van der Waals surface area contributed by atoms with Crippen LogP contribution in [0.25, 0.3) is 0 Å². The molecule has 0 spiro atoms. The Hall–Kier alpha value is -1.01. The van der Waals surface area contributed by atoms with E-state index in [2.05, 4.69) is 4.90 Å². The molecule has 0 aromatic rings. The molecule has 0 bridgehead atoms. The van der Waals surface area contributed by atoms with Gasteiger partial charge in [0.05, 0.1) is 11.1 Å². The molecule has 2 aliphatic heterocycles. The maximum absolute atomic E-state index is 12.0. The molecule has 1 N–H and O–H groups in total. The van der Waals surface area contributed by atoms with Gasteiger partial charge in [-0.2, -0.15) is 0 Å². The van der Waals surface area contributed by atoms with Gasteiger partial charge in [-0.05, 0) is 25.9 Å². The zero-order chi connectivity index (χ0) is 12.4. The summed E-state index contributed by atoms with van der Waals surface area (Å²) in [7, 11) is 1.63. The fourth-order valence-electron chi connectivity index (χ4n) is 2.14. The number of carbonyl (C=O) groups is 2. The highest BCUT2D eigenvalue weighted by Gasteiger charge is 2.38. The molecule has 1 atom stereocenters. The molecule has 0 aromatic heterocycles. The third kappa shape index (κ3) is 2.63. The monoisotopic (exact) mass is 256 g/mol. The maximum atomic E-state index is 12.0. The third-order valence-electron chi connectivity index (χ3n) is 3.07. The highest BCUT2D eigenvalue weighted by molar-refractivity contribution is 8.04. The maximum Gasteiger partial charge on any atom is 0.330 e. The van der Waals surface area contributed by atoms with Crippen molar-refractivity contribution in [2.75, 3.05) is 20.1 Å². The lowest BCUT2D eigenvalue weighted by molar-refractivity contribution is -0.131. The smallest absolute Gasteiger partial charge is 0.330 e. The molecule has 2 saturated heterocycles. The number of hydrogen-bond acceptors (Lipinski definition) is 4. The Bertz CT molecular complexity index is 364. The van der Waals surface area contributed by atoms with Gasteiger partial charge in [-0.15, -0.1) is 0 Å². The molecule has 1 amide bonds. The van der Waals surface area contributed by atoms with Gasteiger partial charge >= 0.3 is 5.97 Å². The van der Waals surface area contributed by atoms with Crippen molar-refractivity contribution in [2.24, 2.45) is 0 Å². The van der Waals surface area contributed by atoms with Gasteiger partial charge in [0.15, 0.2) is 0 Å². The first kappa shape index (κ1) is 12.4. The van der Waals surface area contributed by atoms with E-state index in [4.69, 9.17) is 5.11 Å². The number of carboxylic acids is 1. The molecule has 0 saturated carbocycles. The SMILES string of the molecule is CN1C(=O)C(N2CCCCC2)S/C1=C\C(=O)O. The minimum atomic E-state index is -1.01. The minimum absolute atomic E-state index is 0.00981. The number of carbonyl (C=O) groups excluding carboxylic acids is 1. The van der Waals surface area contributed by atoms with Crippen LogP contribution in [0.15, 0.2) is 11.1 Å². The van der Waals surface area contributed by atoms with E-state index in [9.17, 15) is 9.59 Å². The van der Waals surface area contributed by atoms with Crippen LogP contribution in [-0.4, -0.2) is 52.3 Å². The average Bonchev–Trinajstić information content (AvgIpc) is 2.58. The summed E-state index contributed by atoms with van der Waals surface area (Å²) in [5.74, 6) is -1.02. The van der Waals surface area contributed by atoms with Crippen LogP contribution in [0, 0.1) is 0 Å². The van der Waals surface area contributed by atoms with E-state index >= 15 is 0 Å². The topological polar surface area (TPSA) is 60.9 Å². The number of carboxylic acid groups (broad SMARTS) is 1. The first-order valence-corrected chi connectivity index (χ1v) is 6.60. The molecule has 6 heteroatoms. The molecule has 5 nitrogen and oxygen atoms in total. The zero-order valence-electron chi connectivity index (χ0n) is 9.76. The number of nitrogens with zero attached hydrogens (tertiary/aromatic N) is 2. The van der Waals surface area contributed by atoms with Crippen molar-refractivity contribution in [3.05, 3.63) is 11.1 Å². The van der Waals surface area contributed by atoms with E-state index in [1.165, 1.54) is 23.1 Å². The number of likely N-dealkylation sites (N-methyl/N-ethyl adjacent to an activating group) is 1. The second-order valence-electron chi connectivity index (χ2n) is 4.28. The zero-order valence-corrected chi connectivity index (χ0v) is 10.6. The second kappa shape index (κ2) is 5.10. The number of amides is 1. The van der Waals surface area contributed by atoms with Crippen LogP contribution in [0.2, 0.25) is 0 Å². The highest BCUT2D eigenvalue weighted by Crippen LogP contribution is 2.36. The normalized spacial score (nSPS) is 29.0. The Morgan fingerprint density at radius 1 is 1.41 bits per heavy atom. The van der Waals surface area contributed by atoms with Crippen LogP contribution in [0.5, 0.6) is 0 Å². The minimum Gasteiger partial charge on any atom is -0.478 e. The summed E-state index contributed by atoms with van der Waals surface area (Å²) in [5, 5.41) is 9.03. The van der Waals surface area contributed by atoms with Crippen LogP contribution >= 0.6 is 11.8 Å². The van der Waals surface area contributed by atoms with Crippen molar-refractivity contribution in [1.82, 2.24) is 9.80 Å². The fraction of sp³-hybridized carbons (Fsp3) is 0.636. The van der Waals surface area contributed by atoms with Gasteiger partial charge in [-0.25, -0.2) is 4.79 Å². The molecule has 0 radical (unpaired) electrons. The summed E-state index contributed by atoms with van der Waals surface area (Å²) >= 11 is 1.34. The average molecular weight is 256 g/mol. The summed E-state index contributed by atoms with van der Waals surface area (Å²) < 4.78 is 0. The van der Waals surface area contributed by atoms with Crippen molar-refractivity contribution in [3.8, 4) is 0 Å². The van der Waals surface area contributed by atoms with Crippen LogP contribution < -0.4 is 0 Å². The standard InChI is InChI=1S/C11H16N2O3S/c1-12-8(7-9(14)15)17-11(10(12)16)13-5-3-2-4-6-13/h7,11H,2-6H2,1H3,(H,14,15)/b8-7-. The van der Waals surface area contributed by atoms with E-state index in [0.29, 0.717) is 5.03 Å². The van der Waals surface area contributed by atoms with Gasteiger partial charge in [-0.1, -0.05) is 18.2 Å². The van der Waals surface area contributed by atoms with Crippen LogP contribution in [0.3, 0.4) is 0 Å². The Balaban J connectivity index is 2.10. The summed E-state index contributed by atoms with van der Waals surface area (Å²) in [4.78, 5) is 26.3. The van der Waals surface area contributed by atoms with E-state index < -0.39 is 5.97 Å². The molecular weight excluding hydrogens is 240 g/mol. The predicted octanol–water partition coefficient (Wildman–Crippen LogP) is 0.930. The van der Waals surface area contributed by atoms with Crippen LogP contribution in [0.4, 0.5) is 0 Å². The Labute approximate surface area is 104 Å². The van der Waals surface area contributed by atoms with Crippen molar-refractivity contribution in [1.29, 1.82) is 0 Å². The predicted molar refractivity (Wildman–Crippen MR) is 65.3 cm³/mol. The quantitative estimate of drug-likeness (QED) is 0.745. The van der Waals surface area contributed by atoms with E-state index in [-0.39, 0.29) is 11.3 Å². The van der Waals surface area contributed by atoms with Crippen molar-refractivity contribution in [3.63, 3.8) is 0 Å². The fourth-order valence-corrected chi connectivity index (χ4v) is 3.40. The van der Waals surface area contributed by atoms with Gasteiger partial charge in [-0.3, -0.25) is 9.69 Å². The largest absolute Gasteiger partial charge is 0.478 e. The van der Waals surface area contributed by atoms with Crippen molar-refractivity contribution in [2.45, 2.75) is 24.6 Å². The number of hydrogen-bond donors (Lipinski definition) is 1. The first-order valence-electron chi connectivity index (χ1n) is 5.72. The number of thioether (sulfide) groups is 1. The van der Waals surface area contributed by atoms with E-state index in [0.717, 1.165) is 32.0 Å². The lowest BCUT2D eigenvalue weighted by Crippen LogP contribution is -2.42. The van der Waals surface area contributed by atoms with Gasteiger partial charge < -0.3 is 10.0 Å². The highest BCUT2D eigenvalue weighted by atomic mass is 32.2. The number of piperidine rings is 1. The van der Waals surface area contributed by atoms with Crippen LogP contribution in [-0.2, 0) is 9.59 Å². The van der Waals surface area contributed by atoms with E-state index in [1.54, 1.807) is 7.05 Å². The second-order valence-corrected chi connectivity index (χ2v) is 5.39. The Morgan fingerprint density at radius 2 is 2.06 bits per heavy atom. The molecular formula is C11H16N2O3S. The lowest BCUT2D eigenvalue weighted by Gasteiger charge is -2.29. The molecule has 1 unspecified atom stereocenters. The van der Waals surface area contributed by atoms with Gasteiger partial charge in [0.2, 0.25) is 0 Å². The van der Waals surface area contributed by atoms with Crippen LogP contribution in [0.1, 0.15) is 19.3 Å².